The summed E-state index contributed by atoms with van der Waals surface area (Å²) in [5.41, 5.74) is 1.00. The Bertz CT molecular complexity index is 1110. The van der Waals surface area contributed by atoms with Gasteiger partial charge >= 0.3 is 10.1 Å². The van der Waals surface area contributed by atoms with Crippen molar-refractivity contribution in [2.24, 2.45) is 0 Å². The van der Waals surface area contributed by atoms with Crippen molar-refractivity contribution in [3.63, 3.8) is 0 Å². The second-order valence-corrected chi connectivity index (χ2v) is 11.5. The molecule has 4 aromatic rings. The van der Waals surface area contributed by atoms with Crippen molar-refractivity contribution in [3.05, 3.63) is 121 Å². The van der Waals surface area contributed by atoms with E-state index in [4.69, 9.17) is 3.63 Å². The predicted molar refractivity (Wildman–Crippen MR) is 123 cm³/mol. The number of hydrogen-bond donors (Lipinski definition) is 0. The molecule has 0 amide bonds. The molecule has 152 valence electrons. The second-order valence-electron chi connectivity index (χ2n) is 6.88. The minimum atomic E-state index is -3.92. The fourth-order valence-corrected chi connectivity index (χ4v) is 8.79. The summed E-state index contributed by atoms with van der Waals surface area (Å²) < 4.78 is 31.8. The monoisotopic (exact) mass is 435 g/mol. The van der Waals surface area contributed by atoms with Crippen LogP contribution in [0.2, 0.25) is 0 Å². The fourth-order valence-electron chi connectivity index (χ4n) is 3.29. The van der Waals surface area contributed by atoms with E-state index in [9.17, 15) is 8.42 Å². The average molecular weight is 436 g/mol. The number of aryl methyl sites for hydroxylation is 1. The van der Waals surface area contributed by atoms with Crippen LogP contribution in [0.4, 0.5) is 0 Å². The first kappa shape index (κ1) is 20.4. The molecule has 4 aromatic carbocycles. The third kappa shape index (κ3) is 3.92. The van der Waals surface area contributed by atoms with Crippen molar-refractivity contribution in [3.8, 4) is 0 Å². The van der Waals surface area contributed by atoms with Crippen LogP contribution in [0.25, 0.3) is 0 Å². The van der Waals surface area contributed by atoms with Gasteiger partial charge in [0.05, 0.1) is 25.0 Å². The van der Waals surface area contributed by atoms with Gasteiger partial charge in [-0.15, -0.1) is 8.42 Å². The van der Waals surface area contributed by atoms with Gasteiger partial charge in [0.25, 0.3) is 0 Å². The lowest BCUT2D eigenvalue weighted by Gasteiger charge is -2.34. The summed E-state index contributed by atoms with van der Waals surface area (Å²) >= 11 is 0. The summed E-state index contributed by atoms with van der Waals surface area (Å²) in [6.45, 7) is 1.93. The normalized spacial score (nSPS) is 12.4. The van der Waals surface area contributed by atoms with Gasteiger partial charge in [-0.3, -0.25) is 3.63 Å². The van der Waals surface area contributed by atoms with Crippen molar-refractivity contribution in [1.29, 1.82) is 0 Å². The van der Waals surface area contributed by atoms with Gasteiger partial charge in [0, 0.05) is 0 Å². The highest BCUT2D eigenvalue weighted by Gasteiger charge is 2.43. The van der Waals surface area contributed by atoms with Gasteiger partial charge in [0.15, 0.2) is 0 Å². The molecule has 0 fully saturated rings. The Labute approximate surface area is 179 Å². The highest BCUT2D eigenvalue weighted by molar-refractivity contribution is 8.32. The molecule has 0 aromatic heterocycles. The van der Waals surface area contributed by atoms with Crippen LogP contribution in [0.1, 0.15) is 5.56 Å². The summed E-state index contributed by atoms with van der Waals surface area (Å²) in [4.78, 5) is 2.82. The van der Waals surface area contributed by atoms with Crippen molar-refractivity contribution in [1.82, 2.24) is 0 Å². The van der Waals surface area contributed by atoms with E-state index in [1.54, 1.807) is 24.3 Å². The van der Waals surface area contributed by atoms with Crippen LogP contribution in [-0.2, 0) is 10.1 Å². The van der Waals surface area contributed by atoms with Gasteiger partial charge in [-0.1, -0.05) is 72.3 Å². The first-order chi connectivity index (χ1) is 14.5. The van der Waals surface area contributed by atoms with Gasteiger partial charge in [-0.25, -0.2) is 0 Å². The van der Waals surface area contributed by atoms with Crippen LogP contribution >= 0.6 is 10.3 Å². The molecule has 0 heterocycles. The molecule has 3 nitrogen and oxygen atoms in total. The van der Waals surface area contributed by atoms with E-state index in [0.717, 1.165) is 20.2 Å². The molecule has 0 spiro atoms. The van der Waals surface area contributed by atoms with Crippen LogP contribution in [-0.4, -0.2) is 12.0 Å². The molecule has 0 atom stereocenters. The maximum absolute atomic E-state index is 13.5. The third-order valence-corrected chi connectivity index (χ3v) is 10.2. The van der Waals surface area contributed by atoms with Gasteiger partial charge in [0.2, 0.25) is 0 Å². The molecule has 4 rings (SSSR count). The quantitative estimate of drug-likeness (QED) is 0.251. The van der Waals surface area contributed by atoms with Crippen molar-refractivity contribution in [2.75, 3.05) is 0 Å². The van der Waals surface area contributed by atoms with E-state index >= 15 is 0 Å². The first-order valence-electron chi connectivity index (χ1n) is 9.57. The maximum atomic E-state index is 13.5. The Kier molecular flexibility index (Phi) is 5.77. The van der Waals surface area contributed by atoms with Gasteiger partial charge in [-0.05, 0) is 55.5 Å². The van der Waals surface area contributed by atoms with Crippen LogP contribution in [0, 0.1) is 6.92 Å². The Balaban J connectivity index is 1.99. The van der Waals surface area contributed by atoms with Crippen LogP contribution in [0.15, 0.2) is 135 Å². The lowest BCUT2D eigenvalue weighted by molar-refractivity contribution is 0.387. The topological polar surface area (TPSA) is 46.9 Å². The van der Waals surface area contributed by atoms with E-state index in [1.807, 2.05) is 97.9 Å². The van der Waals surface area contributed by atoms with E-state index in [2.05, 4.69) is 0 Å². The van der Waals surface area contributed by atoms with Crippen LogP contribution in [0.3, 0.4) is 0 Å². The van der Waals surface area contributed by atoms with E-state index < -0.39 is 20.4 Å². The summed E-state index contributed by atoms with van der Waals surface area (Å²) in [6, 6.07) is 36.0. The Morgan fingerprint density at radius 1 is 0.500 bits per heavy atom. The highest BCUT2D eigenvalue weighted by Crippen LogP contribution is 2.68. The molecule has 1 N–H and O–H groups in total. The molecular formula is C25H23O3S2+. The number of hydrogen-bond acceptors (Lipinski definition) is 2. The summed E-state index contributed by atoms with van der Waals surface area (Å²) in [5.74, 6) is 0. The van der Waals surface area contributed by atoms with Crippen LogP contribution in [0.5, 0.6) is 0 Å². The Hall–Kier alpha value is -2.86. The molecule has 0 unspecified atom stereocenters. The van der Waals surface area contributed by atoms with E-state index in [1.165, 1.54) is 0 Å². The molecule has 0 bridgehead atoms. The fraction of sp³-hybridized carbons (Fsp3) is 0.0400. The molecule has 0 aliphatic carbocycles. The van der Waals surface area contributed by atoms with Gasteiger partial charge in [-0.2, -0.15) is 0 Å². The third-order valence-electron chi connectivity index (χ3n) is 4.78. The predicted octanol–water partition coefficient (Wildman–Crippen LogP) is 6.67. The van der Waals surface area contributed by atoms with Gasteiger partial charge < -0.3 is 0 Å². The van der Waals surface area contributed by atoms with Crippen LogP contribution < -0.4 is 0 Å². The van der Waals surface area contributed by atoms with E-state index in [0.29, 0.717) is 0 Å². The molecule has 30 heavy (non-hydrogen) atoms. The number of benzene rings is 4. The Morgan fingerprint density at radius 3 is 1.23 bits per heavy atom. The molecule has 0 saturated heterocycles. The molecule has 5 heteroatoms. The van der Waals surface area contributed by atoms with E-state index in [-0.39, 0.29) is 4.90 Å². The van der Waals surface area contributed by atoms with Crippen molar-refractivity contribution < 1.29 is 12.0 Å². The summed E-state index contributed by atoms with van der Waals surface area (Å²) in [5, 5.41) is 0. The van der Waals surface area contributed by atoms with Crippen molar-refractivity contribution >= 4 is 20.4 Å². The summed E-state index contributed by atoms with van der Waals surface area (Å²) in [7, 11) is -6.33. The standard InChI is InChI=1S/C25H22O3S2/c1-21-17-19-25(20-18-21)30(26,27)28-29(22-11-5-2-6-12-22,23-13-7-3-8-14-23)24-15-9-4-10-16-24/h2-20H,1H3/p+1. The highest BCUT2D eigenvalue weighted by atomic mass is 32.3. The van der Waals surface area contributed by atoms with Crippen molar-refractivity contribution in [2.45, 2.75) is 26.5 Å². The molecule has 0 saturated carbocycles. The zero-order valence-corrected chi connectivity index (χ0v) is 18.2. The molecule has 0 aliphatic heterocycles. The largest absolute Gasteiger partial charge is 0.422 e. The van der Waals surface area contributed by atoms with Gasteiger partial charge in [0.1, 0.15) is 4.90 Å². The average Bonchev–Trinajstić information content (AvgIpc) is 2.79. The molecule has 0 radical (unpaired) electrons. The first-order valence-corrected chi connectivity index (χ1v) is 12.6. The summed E-state index contributed by atoms with van der Waals surface area (Å²) in [6.07, 6.45) is 0. The smallest absolute Gasteiger partial charge is 0.258 e. The maximum Gasteiger partial charge on any atom is 0.422 e. The SMILES string of the molecule is Cc1ccc(S(=O)(=O)[OH+]S(c2ccccc2)(c2ccccc2)c2ccccc2)cc1. The number of rotatable bonds is 6. The lowest BCUT2D eigenvalue weighted by atomic mass is 10.2. The second kappa shape index (κ2) is 8.48. The molecular weight excluding hydrogens is 412 g/mol. The lowest BCUT2D eigenvalue weighted by Crippen LogP contribution is -2.18. The molecule has 0 aliphatic rings. The minimum absolute atomic E-state index is 0.202. The zero-order chi connectivity index (χ0) is 21.0. The zero-order valence-electron chi connectivity index (χ0n) is 16.5. The minimum Gasteiger partial charge on any atom is -0.258 e. The Morgan fingerprint density at radius 2 is 0.867 bits per heavy atom.